The number of hydrogen-bond acceptors (Lipinski definition) is 3. The summed E-state index contributed by atoms with van der Waals surface area (Å²) in [5, 5.41) is 0. The zero-order valence-corrected chi connectivity index (χ0v) is 19.8. The highest BCUT2D eigenvalue weighted by atomic mass is 16.2. The first-order chi connectivity index (χ1) is 17.6. The van der Waals surface area contributed by atoms with Gasteiger partial charge in [-0.2, -0.15) is 0 Å². The number of carbonyl (C=O) groups is 2. The second kappa shape index (κ2) is 7.59. The lowest BCUT2D eigenvalue weighted by atomic mass is 9.47. The molecule has 1 aliphatic heterocycles. The summed E-state index contributed by atoms with van der Waals surface area (Å²) in [6.07, 6.45) is 1.95. The lowest BCUT2D eigenvalue weighted by molar-refractivity contribution is -0.122. The molecule has 1 fully saturated rings. The monoisotopic (exact) mass is 468 g/mol. The Balaban J connectivity index is 1.51. The van der Waals surface area contributed by atoms with Crippen LogP contribution >= 0.6 is 0 Å². The molecule has 4 nitrogen and oxygen atoms in total. The van der Waals surface area contributed by atoms with Crippen LogP contribution in [0.4, 0.5) is 11.4 Å². The number of rotatable bonds is 3. The second-order valence-corrected chi connectivity index (χ2v) is 9.97. The van der Waals surface area contributed by atoms with Gasteiger partial charge in [-0.3, -0.25) is 14.6 Å². The SMILES string of the molecule is Cc1ccc(N=CC23c4ccccc4C(c4ccccc42)[C@H]2C(=O)N(c4ccccc4)C(=O)[C@H]23)cc1. The molecule has 0 aromatic heterocycles. The predicted octanol–water partition coefficient (Wildman–Crippen LogP) is 5.95. The van der Waals surface area contributed by atoms with Crippen molar-refractivity contribution in [2.45, 2.75) is 18.3 Å². The van der Waals surface area contributed by atoms with E-state index in [1.807, 2.05) is 92.0 Å². The maximum Gasteiger partial charge on any atom is 0.239 e. The summed E-state index contributed by atoms with van der Waals surface area (Å²) in [7, 11) is 0. The molecule has 2 atom stereocenters. The molecule has 4 aliphatic rings. The van der Waals surface area contributed by atoms with Gasteiger partial charge in [0, 0.05) is 12.1 Å². The first-order valence-corrected chi connectivity index (χ1v) is 12.3. The van der Waals surface area contributed by atoms with Crippen molar-refractivity contribution in [1.82, 2.24) is 0 Å². The summed E-state index contributed by atoms with van der Waals surface area (Å²) >= 11 is 0. The number of imide groups is 1. The Morgan fingerprint density at radius 1 is 0.722 bits per heavy atom. The van der Waals surface area contributed by atoms with E-state index in [-0.39, 0.29) is 17.7 Å². The van der Waals surface area contributed by atoms with Crippen molar-refractivity contribution in [3.05, 3.63) is 131 Å². The fraction of sp³-hybridized carbons (Fsp3) is 0.156. The van der Waals surface area contributed by atoms with Gasteiger partial charge >= 0.3 is 0 Å². The normalized spacial score (nSPS) is 25.7. The molecule has 1 heterocycles. The van der Waals surface area contributed by atoms with E-state index in [9.17, 15) is 9.59 Å². The molecule has 8 rings (SSSR count). The van der Waals surface area contributed by atoms with Gasteiger partial charge in [0.15, 0.2) is 0 Å². The van der Waals surface area contributed by atoms with Crippen LogP contribution in [0.1, 0.15) is 33.7 Å². The minimum atomic E-state index is -0.840. The van der Waals surface area contributed by atoms with Crippen LogP contribution in [0.15, 0.2) is 108 Å². The Kier molecular flexibility index (Phi) is 4.43. The summed E-state index contributed by atoms with van der Waals surface area (Å²) < 4.78 is 0. The van der Waals surface area contributed by atoms with Crippen LogP contribution in [0.5, 0.6) is 0 Å². The Morgan fingerprint density at radius 3 is 1.94 bits per heavy atom. The molecule has 4 aromatic carbocycles. The van der Waals surface area contributed by atoms with Gasteiger partial charge < -0.3 is 0 Å². The molecule has 0 saturated carbocycles. The van der Waals surface area contributed by atoms with E-state index in [0.29, 0.717) is 5.69 Å². The minimum absolute atomic E-state index is 0.127. The third-order valence-corrected chi connectivity index (χ3v) is 8.15. The summed E-state index contributed by atoms with van der Waals surface area (Å²) in [6, 6.07) is 33.9. The van der Waals surface area contributed by atoms with E-state index in [1.54, 1.807) is 0 Å². The fourth-order valence-corrected chi connectivity index (χ4v) is 6.69. The van der Waals surface area contributed by atoms with Crippen molar-refractivity contribution in [3.63, 3.8) is 0 Å². The van der Waals surface area contributed by atoms with Crippen LogP contribution < -0.4 is 4.90 Å². The van der Waals surface area contributed by atoms with Crippen LogP contribution in [0.25, 0.3) is 0 Å². The van der Waals surface area contributed by atoms with Gasteiger partial charge in [0.05, 0.1) is 28.6 Å². The van der Waals surface area contributed by atoms with Crippen molar-refractivity contribution in [2.75, 3.05) is 4.90 Å². The Hall–Kier alpha value is -4.31. The number of amides is 2. The quantitative estimate of drug-likeness (QED) is 0.276. The molecule has 0 spiro atoms. The van der Waals surface area contributed by atoms with Crippen LogP contribution in [0, 0.1) is 18.8 Å². The van der Waals surface area contributed by atoms with E-state index in [2.05, 4.69) is 24.3 Å². The molecule has 0 N–H and O–H groups in total. The first kappa shape index (κ1) is 21.0. The molecule has 4 heteroatoms. The number of aliphatic imine (C=N–C) groups is 1. The van der Waals surface area contributed by atoms with Gasteiger partial charge in [0.25, 0.3) is 0 Å². The van der Waals surface area contributed by atoms with Crippen molar-refractivity contribution in [2.24, 2.45) is 16.8 Å². The molecule has 3 aliphatic carbocycles. The number of aryl methyl sites for hydroxylation is 1. The predicted molar refractivity (Wildman–Crippen MR) is 141 cm³/mol. The van der Waals surface area contributed by atoms with Gasteiger partial charge in [-0.05, 0) is 53.4 Å². The van der Waals surface area contributed by atoms with Crippen molar-refractivity contribution in [1.29, 1.82) is 0 Å². The lowest BCUT2D eigenvalue weighted by Gasteiger charge is -2.52. The highest BCUT2D eigenvalue weighted by Crippen LogP contribution is 2.63. The van der Waals surface area contributed by atoms with Gasteiger partial charge in [-0.15, -0.1) is 0 Å². The summed E-state index contributed by atoms with van der Waals surface area (Å²) in [5.74, 6) is -1.48. The number of hydrogen-bond donors (Lipinski definition) is 0. The number of carbonyl (C=O) groups excluding carboxylic acids is 2. The minimum Gasteiger partial charge on any atom is -0.274 e. The Morgan fingerprint density at radius 2 is 1.31 bits per heavy atom. The van der Waals surface area contributed by atoms with Crippen LogP contribution in [-0.4, -0.2) is 18.0 Å². The molecule has 0 radical (unpaired) electrons. The number of anilines is 1. The third-order valence-electron chi connectivity index (χ3n) is 8.15. The zero-order chi connectivity index (χ0) is 24.4. The number of benzene rings is 4. The first-order valence-electron chi connectivity index (χ1n) is 12.3. The van der Waals surface area contributed by atoms with Gasteiger partial charge in [0.1, 0.15) is 0 Å². The van der Waals surface area contributed by atoms with Gasteiger partial charge in [0.2, 0.25) is 11.8 Å². The van der Waals surface area contributed by atoms with Gasteiger partial charge in [-0.25, -0.2) is 4.90 Å². The maximum atomic E-state index is 14.3. The molecule has 36 heavy (non-hydrogen) atoms. The van der Waals surface area contributed by atoms with Crippen molar-refractivity contribution >= 4 is 29.4 Å². The average Bonchev–Trinajstić information content (AvgIpc) is 3.20. The molecule has 2 amide bonds. The standard InChI is InChI=1S/C32H24N2O2/c1-20-15-17-21(18-16-20)33-19-32-25-13-7-5-11-23(25)27(24-12-6-8-14-26(24)32)28-29(32)31(36)34(30(28)35)22-9-3-2-4-10-22/h2-19,27-29H,1H3/t27?,28-,29+,32?/m1/s1. The third kappa shape index (κ3) is 2.67. The summed E-state index contributed by atoms with van der Waals surface area (Å²) in [5.41, 5.74) is 6.15. The topological polar surface area (TPSA) is 49.7 Å². The highest BCUT2D eigenvalue weighted by molar-refractivity contribution is 6.25. The maximum absolute atomic E-state index is 14.3. The highest BCUT2D eigenvalue weighted by Gasteiger charge is 2.67. The molecule has 2 bridgehead atoms. The molecule has 1 saturated heterocycles. The van der Waals surface area contributed by atoms with E-state index >= 15 is 0 Å². The van der Waals surface area contributed by atoms with E-state index < -0.39 is 17.3 Å². The molecule has 0 unspecified atom stereocenters. The molecule has 4 aromatic rings. The van der Waals surface area contributed by atoms with Crippen LogP contribution in [-0.2, 0) is 15.0 Å². The summed E-state index contributed by atoms with van der Waals surface area (Å²) in [4.78, 5) is 34.7. The zero-order valence-electron chi connectivity index (χ0n) is 19.8. The van der Waals surface area contributed by atoms with Gasteiger partial charge in [-0.1, -0.05) is 84.4 Å². The number of nitrogens with zero attached hydrogens (tertiary/aromatic N) is 2. The molecular weight excluding hydrogens is 444 g/mol. The van der Waals surface area contributed by atoms with E-state index in [4.69, 9.17) is 4.99 Å². The smallest absolute Gasteiger partial charge is 0.239 e. The molecular formula is C32H24N2O2. The van der Waals surface area contributed by atoms with Crippen molar-refractivity contribution in [3.8, 4) is 0 Å². The summed E-state index contributed by atoms with van der Waals surface area (Å²) in [6.45, 7) is 2.05. The Bertz CT molecular complexity index is 1510. The van der Waals surface area contributed by atoms with Crippen molar-refractivity contribution < 1.29 is 9.59 Å². The number of para-hydroxylation sites is 1. The van der Waals surface area contributed by atoms with E-state index in [0.717, 1.165) is 33.5 Å². The van der Waals surface area contributed by atoms with Crippen LogP contribution in [0.3, 0.4) is 0 Å². The Labute approximate surface area is 209 Å². The average molecular weight is 469 g/mol. The lowest BCUT2D eigenvalue weighted by Crippen LogP contribution is -2.54. The second-order valence-electron chi connectivity index (χ2n) is 9.97. The fourth-order valence-electron chi connectivity index (χ4n) is 6.69. The van der Waals surface area contributed by atoms with Crippen LogP contribution in [0.2, 0.25) is 0 Å². The molecule has 174 valence electrons. The largest absolute Gasteiger partial charge is 0.274 e. The van der Waals surface area contributed by atoms with E-state index in [1.165, 1.54) is 4.90 Å².